The summed E-state index contributed by atoms with van der Waals surface area (Å²) in [5.41, 5.74) is 1.28. The maximum atomic E-state index is 13.8. The maximum Gasteiger partial charge on any atom is 0.251 e. The van der Waals surface area contributed by atoms with E-state index in [0.29, 0.717) is 16.4 Å². The van der Waals surface area contributed by atoms with Crippen molar-refractivity contribution in [2.24, 2.45) is 0 Å². The van der Waals surface area contributed by atoms with Crippen LogP contribution in [0.2, 0.25) is 0 Å². The molecule has 6 nitrogen and oxygen atoms in total. The Balaban J connectivity index is 1.57. The Labute approximate surface area is 163 Å². The maximum absolute atomic E-state index is 13.8. The van der Waals surface area contributed by atoms with Crippen LogP contribution in [0.15, 0.2) is 47.8 Å². The number of hydrogen-bond donors (Lipinski definition) is 2. The minimum atomic E-state index is -0.512. The molecule has 2 N–H and O–H groups in total. The van der Waals surface area contributed by atoms with Crippen molar-refractivity contribution in [3.05, 3.63) is 65.0 Å². The molecule has 2 aromatic carbocycles. The number of ether oxygens (including phenoxy) is 1. The number of carbonyl (C=O) groups excluding carboxylic acids is 2. The van der Waals surface area contributed by atoms with E-state index in [9.17, 15) is 18.4 Å². The number of benzene rings is 2. The van der Waals surface area contributed by atoms with Crippen LogP contribution < -0.4 is 15.4 Å². The minimum absolute atomic E-state index is 0.129. The molecule has 0 saturated heterocycles. The number of rotatable bonds is 6. The highest BCUT2D eigenvalue weighted by atomic mass is 32.1. The first kappa shape index (κ1) is 19.4. The molecule has 0 spiro atoms. The fourth-order valence-corrected chi connectivity index (χ4v) is 3.05. The van der Waals surface area contributed by atoms with E-state index in [0.717, 1.165) is 12.1 Å². The molecule has 3 rings (SSSR count). The summed E-state index contributed by atoms with van der Waals surface area (Å²) in [6, 6.07) is 9.41. The van der Waals surface area contributed by atoms with Gasteiger partial charge in [0.05, 0.1) is 19.3 Å². The summed E-state index contributed by atoms with van der Waals surface area (Å²) < 4.78 is 31.5. The summed E-state index contributed by atoms with van der Waals surface area (Å²) in [4.78, 5) is 28.1. The summed E-state index contributed by atoms with van der Waals surface area (Å²) in [7, 11) is 1.38. The molecule has 0 saturated carbocycles. The third-order valence-corrected chi connectivity index (χ3v) is 4.47. The number of carbonyl (C=O) groups is 2. The fraction of sp³-hybridized carbons (Fsp3) is 0.105. The molecule has 0 atom stereocenters. The van der Waals surface area contributed by atoms with E-state index < -0.39 is 23.4 Å². The lowest BCUT2D eigenvalue weighted by Crippen LogP contribution is -2.32. The predicted molar refractivity (Wildman–Crippen MR) is 101 cm³/mol. The van der Waals surface area contributed by atoms with Crippen LogP contribution in [0.5, 0.6) is 5.75 Å². The molecule has 3 aromatic rings. The van der Waals surface area contributed by atoms with Crippen LogP contribution in [0.4, 0.5) is 13.9 Å². The number of hydrogen-bond acceptors (Lipinski definition) is 5. The van der Waals surface area contributed by atoms with Crippen LogP contribution in [0, 0.1) is 11.6 Å². The highest BCUT2D eigenvalue weighted by Gasteiger charge is 2.12. The third kappa shape index (κ3) is 4.68. The van der Waals surface area contributed by atoms with Gasteiger partial charge in [-0.2, -0.15) is 0 Å². The Bertz CT molecular complexity index is 1010. The molecule has 2 amide bonds. The number of anilines is 1. The molecule has 1 aromatic heterocycles. The highest BCUT2D eigenvalue weighted by Crippen LogP contribution is 2.28. The molecule has 1 heterocycles. The van der Waals surface area contributed by atoms with Crippen LogP contribution >= 0.6 is 11.3 Å². The van der Waals surface area contributed by atoms with Crippen LogP contribution in [0.3, 0.4) is 0 Å². The van der Waals surface area contributed by atoms with Gasteiger partial charge in [-0.15, -0.1) is 11.3 Å². The number of aromatic nitrogens is 1. The van der Waals surface area contributed by atoms with Gasteiger partial charge in [-0.3, -0.25) is 9.59 Å². The molecule has 0 aliphatic rings. The summed E-state index contributed by atoms with van der Waals surface area (Å²) in [6.07, 6.45) is 0. The molecular weight excluding hydrogens is 388 g/mol. The molecule has 0 radical (unpaired) electrons. The van der Waals surface area contributed by atoms with Gasteiger partial charge in [0.25, 0.3) is 5.91 Å². The average molecular weight is 403 g/mol. The van der Waals surface area contributed by atoms with E-state index in [1.807, 2.05) is 0 Å². The molecule has 0 aliphatic heterocycles. The molecule has 0 bridgehead atoms. The molecule has 28 heavy (non-hydrogen) atoms. The van der Waals surface area contributed by atoms with Gasteiger partial charge in [-0.05, 0) is 42.5 Å². The Kier molecular flexibility index (Phi) is 5.95. The van der Waals surface area contributed by atoms with E-state index in [-0.39, 0.29) is 17.9 Å². The van der Waals surface area contributed by atoms with Gasteiger partial charge in [0, 0.05) is 16.5 Å². The van der Waals surface area contributed by atoms with Crippen molar-refractivity contribution < 1.29 is 23.1 Å². The Morgan fingerprint density at radius 1 is 1.14 bits per heavy atom. The van der Waals surface area contributed by atoms with Crippen molar-refractivity contribution in [1.82, 2.24) is 10.3 Å². The number of halogens is 2. The zero-order valence-corrected chi connectivity index (χ0v) is 15.5. The van der Waals surface area contributed by atoms with Crippen molar-refractivity contribution in [3.8, 4) is 17.0 Å². The van der Waals surface area contributed by atoms with Gasteiger partial charge < -0.3 is 15.4 Å². The summed E-state index contributed by atoms with van der Waals surface area (Å²) in [5.74, 6) is -1.81. The standard InChI is InChI=1S/C19H15F2N3O3S/c1-27-16-7-4-12(8-14(16)21)15-10-28-19(23-15)24-17(25)9-22-18(26)11-2-5-13(20)6-3-11/h2-8,10H,9H2,1H3,(H,22,26)(H,23,24,25). The second-order valence-corrected chi connectivity index (χ2v) is 6.48. The fourth-order valence-electron chi connectivity index (χ4n) is 2.32. The third-order valence-electron chi connectivity index (χ3n) is 3.71. The number of methoxy groups -OCH3 is 1. The number of nitrogens with one attached hydrogen (secondary N) is 2. The largest absolute Gasteiger partial charge is 0.494 e. The lowest BCUT2D eigenvalue weighted by molar-refractivity contribution is -0.115. The molecule has 0 aliphatic carbocycles. The van der Waals surface area contributed by atoms with Gasteiger partial charge in [-0.25, -0.2) is 13.8 Å². The van der Waals surface area contributed by atoms with Gasteiger partial charge in [0.2, 0.25) is 5.91 Å². The Morgan fingerprint density at radius 2 is 1.89 bits per heavy atom. The average Bonchev–Trinajstić information content (AvgIpc) is 3.15. The van der Waals surface area contributed by atoms with E-state index in [1.165, 1.54) is 42.7 Å². The molecule has 0 fully saturated rings. The zero-order chi connectivity index (χ0) is 20.1. The number of nitrogens with zero attached hydrogens (tertiary/aromatic N) is 1. The molecular formula is C19H15F2N3O3S. The van der Waals surface area contributed by atoms with Gasteiger partial charge in [0.15, 0.2) is 16.7 Å². The van der Waals surface area contributed by atoms with Crippen molar-refractivity contribution >= 4 is 28.3 Å². The van der Waals surface area contributed by atoms with Crippen molar-refractivity contribution in [3.63, 3.8) is 0 Å². The molecule has 144 valence electrons. The van der Waals surface area contributed by atoms with Crippen molar-refractivity contribution in [2.45, 2.75) is 0 Å². The first-order valence-corrected chi connectivity index (χ1v) is 8.97. The van der Waals surface area contributed by atoms with Gasteiger partial charge in [-0.1, -0.05) is 0 Å². The first-order chi connectivity index (χ1) is 13.5. The topological polar surface area (TPSA) is 80.3 Å². The van der Waals surface area contributed by atoms with Crippen LogP contribution in [0.25, 0.3) is 11.3 Å². The van der Waals surface area contributed by atoms with E-state index in [1.54, 1.807) is 11.4 Å². The summed E-state index contributed by atoms with van der Waals surface area (Å²) in [6.45, 7) is -0.276. The summed E-state index contributed by atoms with van der Waals surface area (Å²) >= 11 is 1.17. The van der Waals surface area contributed by atoms with Crippen molar-refractivity contribution in [1.29, 1.82) is 0 Å². The van der Waals surface area contributed by atoms with Gasteiger partial charge >= 0.3 is 0 Å². The Hall–Kier alpha value is -3.33. The quantitative estimate of drug-likeness (QED) is 0.661. The number of thiazole rings is 1. The normalized spacial score (nSPS) is 10.4. The van der Waals surface area contributed by atoms with Crippen LogP contribution in [0.1, 0.15) is 10.4 Å². The second-order valence-electron chi connectivity index (χ2n) is 5.62. The second kappa shape index (κ2) is 8.57. The minimum Gasteiger partial charge on any atom is -0.494 e. The van der Waals surface area contributed by atoms with E-state index in [4.69, 9.17) is 4.74 Å². The van der Waals surface area contributed by atoms with Crippen LogP contribution in [-0.2, 0) is 4.79 Å². The van der Waals surface area contributed by atoms with E-state index >= 15 is 0 Å². The number of amides is 2. The van der Waals surface area contributed by atoms with E-state index in [2.05, 4.69) is 15.6 Å². The molecule has 0 unspecified atom stereocenters. The highest BCUT2D eigenvalue weighted by molar-refractivity contribution is 7.14. The zero-order valence-electron chi connectivity index (χ0n) is 14.7. The lowest BCUT2D eigenvalue weighted by atomic mass is 10.1. The van der Waals surface area contributed by atoms with Crippen molar-refractivity contribution in [2.75, 3.05) is 19.0 Å². The molecule has 9 heteroatoms. The Morgan fingerprint density at radius 3 is 2.57 bits per heavy atom. The predicted octanol–water partition coefficient (Wildman–Crippen LogP) is 3.47. The lowest BCUT2D eigenvalue weighted by Gasteiger charge is -2.05. The van der Waals surface area contributed by atoms with Crippen LogP contribution in [-0.4, -0.2) is 30.5 Å². The smallest absolute Gasteiger partial charge is 0.251 e. The van der Waals surface area contributed by atoms with Gasteiger partial charge in [0.1, 0.15) is 5.82 Å². The monoisotopic (exact) mass is 403 g/mol. The summed E-state index contributed by atoms with van der Waals surface area (Å²) in [5, 5.41) is 6.98. The first-order valence-electron chi connectivity index (χ1n) is 8.09. The SMILES string of the molecule is COc1ccc(-c2csc(NC(=O)CNC(=O)c3ccc(F)cc3)n2)cc1F.